The number of urea groups is 1. The van der Waals surface area contributed by atoms with Gasteiger partial charge in [0, 0.05) is 32.3 Å². The first-order chi connectivity index (χ1) is 9.61. The second-order valence-corrected chi connectivity index (χ2v) is 5.37. The Morgan fingerprint density at radius 3 is 2.90 bits per heavy atom. The zero-order valence-electron chi connectivity index (χ0n) is 11.7. The summed E-state index contributed by atoms with van der Waals surface area (Å²) in [5.41, 5.74) is 0.938. The lowest BCUT2D eigenvalue weighted by molar-refractivity contribution is 0.143. The molecule has 1 fully saturated rings. The molecule has 5 nitrogen and oxygen atoms in total. The van der Waals surface area contributed by atoms with Crippen LogP contribution >= 0.6 is 11.6 Å². The Morgan fingerprint density at radius 1 is 1.60 bits per heavy atom. The molecule has 0 aliphatic carbocycles. The molecule has 110 valence electrons. The summed E-state index contributed by atoms with van der Waals surface area (Å²) in [6, 6.07) is 7.41. The standard InChI is InChI=1S/C14H20ClN3O2/c1-18(12-7-16-8-12)14(19)17-13(9-20-2)10-4-3-5-11(15)6-10/h3-6,12-13,16H,7-9H2,1-2H3,(H,17,19). The first kappa shape index (κ1) is 15.1. The van der Waals surface area contributed by atoms with Crippen LogP contribution in [0, 0.1) is 0 Å². The second kappa shape index (κ2) is 6.92. The fraction of sp³-hybridized carbons (Fsp3) is 0.500. The molecule has 1 aliphatic heterocycles. The number of ether oxygens (including phenoxy) is 1. The quantitative estimate of drug-likeness (QED) is 0.869. The van der Waals surface area contributed by atoms with E-state index in [9.17, 15) is 4.79 Å². The molecule has 2 rings (SSSR count). The molecule has 20 heavy (non-hydrogen) atoms. The van der Waals surface area contributed by atoms with Crippen molar-refractivity contribution in [2.75, 3.05) is 33.9 Å². The van der Waals surface area contributed by atoms with E-state index in [1.165, 1.54) is 0 Å². The Bertz CT molecular complexity index is 465. The fourth-order valence-corrected chi connectivity index (χ4v) is 2.27. The summed E-state index contributed by atoms with van der Waals surface area (Å²) in [4.78, 5) is 13.9. The normalized spacial score (nSPS) is 16.4. The van der Waals surface area contributed by atoms with Gasteiger partial charge in [0.25, 0.3) is 0 Å². The number of nitrogens with zero attached hydrogens (tertiary/aromatic N) is 1. The smallest absolute Gasteiger partial charge is 0.318 e. The summed E-state index contributed by atoms with van der Waals surface area (Å²) in [6.45, 7) is 2.09. The van der Waals surface area contributed by atoms with Crippen LogP contribution in [0.25, 0.3) is 0 Å². The molecule has 1 aromatic rings. The summed E-state index contributed by atoms with van der Waals surface area (Å²) in [5.74, 6) is 0. The molecule has 0 aromatic heterocycles. The summed E-state index contributed by atoms with van der Waals surface area (Å²) in [5, 5.41) is 6.78. The third kappa shape index (κ3) is 3.62. The Hall–Kier alpha value is -1.30. The van der Waals surface area contributed by atoms with Crippen molar-refractivity contribution in [1.82, 2.24) is 15.5 Å². The van der Waals surface area contributed by atoms with Crippen LogP contribution in [0.2, 0.25) is 5.02 Å². The third-order valence-corrected chi connectivity index (χ3v) is 3.75. The van der Waals surface area contributed by atoms with Crippen molar-refractivity contribution >= 4 is 17.6 Å². The maximum atomic E-state index is 12.2. The number of methoxy groups -OCH3 is 1. The van der Waals surface area contributed by atoms with Gasteiger partial charge in [-0.3, -0.25) is 0 Å². The van der Waals surface area contributed by atoms with Gasteiger partial charge < -0.3 is 20.3 Å². The summed E-state index contributed by atoms with van der Waals surface area (Å²) < 4.78 is 5.19. The predicted molar refractivity (Wildman–Crippen MR) is 79.0 cm³/mol. The number of nitrogens with one attached hydrogen (secondary N) is 2. The van der Waals surface area contributed by atoms with E-state index in [0.717, 1.165) is 18.7 Å². The lowest BCUT2D eigenvalue weighted by Gasteiger charge is -2.36. The van der Waals surface area contributed by atoms with E-state index in [1.807, 2.05) is 31.3 Å². The van der Waals surface area contributed by atoms with Crippen LogP contribution in [0.15, 0.2) is 24.3 Å². The predicted octanol–water partition coefficient (Wildman–Crippen LogP) is 1.64. The molecule has 2 amide bonds. The SMILES string of the molecule is COCC(NC(=O)N(C)C1CNC1)c1cccc(Cl)c1. The number of likely N-dealkylation sites (N-methyl/N-ethyl adjacent to an activating group) is 1. The van der Waals surface area contributed by atoms with E-state index in [-0.39, 0.29) is 18.1 Å². The summed E-state index contributed by atoms with van der Waals surface area (Å²) >= 11 is 6.00. The summed E-state index contributed by atoms with van der Waals surface area (Å²) in [6.07, 6.45) is 0. The van der Waals surface area contributed by atoms with Crippen molar-refractivity contribution in [2.45, 2.75) is 12.1 Å². The van der Waals surface area contributed by atoms with E-state index >= 15 is 0 Å². The molecule has 0 bridgehead atoms. The van der Waals surface area contributed by atoms with Gasteiger partial charge in [0.15, 0.2) is 0 Å². The molecule has 1 saturated heterocycles. The zero-order chi connectivity index (χ0) is 14.5. The van der Waals surface area contributed by atoms with Crippen molar-refractivity contribution in [3.05, 3.63) is 34.9 Å². The average molecular weight is 298 g/mol. The molecular weight excluding hydrogens is 278 g/mol. The van der Waals surface area contributed by atoms with Crippen molar-refractivity contribution in [1.29, 1.82) is 0 Å². The fourth-order valence-electron chi connectivity index (χ4n) is 2.08. The van der Waals surface area contributed by atoms with Crippen LogP contribution in [0.5, 0.6) is 0 Å². The van der Waals surface area contributed by atoms with Gasteiger partial charge in [-0.25, -0.2) is 4.79 Å². The molecule has 1 aromatic carbocycles. The van der Waals surface area contributed by atoms with Gasteiger partial charge in [0.1, 0.15) is 0 Å². The Balaban J connectivity index is 2.03. The maximum Gasteiger partial charge on any atom is 0.318 e. The second-order valence-electron chi connectivity index (χ2n) is 4.94. The first-order valence-electron chi connectivity index (χ1n) is 6.60. The van der Waals surface area contributed by atoms with E-state index in [2.05, 4.69) is 10.6 Å². The molecule has 1 heterocycles. The number of carbonyl (C=O) groups is 1. The molecule has 6 heteroatoms. The molecule has 0 saturated carbocycles. The lowest BCUT2D eigenvalue weighted by atomic mass is 10.1. The van der Waals surface area contributed by atoms with Gasteiger partial charge in [0.05, 0.1) is 18.7 Å². The Morgan fingerprint density at radius 2 is 2.35 bits per heavy atom. The molecule has 0 spiro atoms. The van der Waals surface area contributed by atoms with E-state index < -0.39 is 0 Å². The zero-order valence-corrected chi connectivity index (χ0v) is 12.5. The minimum atomic E-state index is -0.207. The highest BCUT2D eigenvalue weighted by Gasteiger charge is 2.26. The van der Waals surface area contributed by atoms with E-state index in [1.54, 1.807) is 12.0 Å². The van der Waals surface area contributed by atoms with Crippen LogP contribution in [0.3, 0.4) is 0 Å². The average Bonchev–Trinajstić information content (AvgIpc) is 2.36. The van der Waals surface area contributed by atoms with Gasteiger partial charge in [0.2, 0.25) is 0 Å². The van der Waals surface area contributed by atoms with Crippen LogP contribution in [0.1, 0.15) is 11.6 Å². The largest absolute Gasteiger partial charge is 0.382 e. The number of hydrogen-bond acceptors (Lipinski definition) is 3. The highest BCUT2D eigenvalue weighted by atomic mass is 35.5. The van der Waals surface area contributed by atoms with Crippen LogP contribution < -0.4 is 10.6 Å². The van der Waals surface area contributed by atoms with Gasteiger partial charge >= 0.3 is 6.03 Å². The van der Waals surface area contributed by atoms with Crippen LogP contribution in [-0.2, 0) is 4.74 Å². The van der Waals surface area contributed by atoms with E-state index in [0.29, 0.717) is 11.6 Å². The molecule has 1 atom stereocenters. The van der Waals surface area contributed by atoms with Crippen molar-refractivity contribution in [3.63, 3.8) is 0 Å². The van der Waals surface area contributed by atoms with Gasteiger partial charge in [-0.15, -0.1) is 0 Å². The number of carbonyl (C=O) groups excluding carboxylic acids is 1. The minimum absolute atomic E-state index is 0.0986. The first-order valence-corrected chi connectivity index (χ1v) is 6.98. The molecule has 0 radical (unpaired) electrons. The highest BCUT2D eigenvalue weighted by Crippen LogP contribution is 2.18. The number of benzene rings is 1. The molecule has 1 unspecified atom stereocenters. The maximum absolute atomic E-state index is 12.2. The number of hydrogen-bond donors (Lipinski definition) is 2. The topological polar surface area (TPSA) is 53.6 Å². The number of halogens is 1. The lowest BCUT2D eigenvalue weighted by Crippen LogP contribution is -2.59. The molecule has 2 N–H and O–H groups in total. The molecule has 1 aliphatic rings. The minimum Gasteiger partial charge on any atom is -0.382 e. The summed E-state index contributed by atoms with van der Waals surface area (Å²) in [7, 11) is 3.42. The number of amides is 2. The third-order valence-electron chi connectivity index (χ3n) is 3.51. The Kier molecular flexibility index (Phi) is 5.23. The number of rotatable bonds is 5. The van der Waals surface area contributed by atoms with E-state index in [4.69, 9.17) is 16.3 Å². The van der Waals surface area contributed by atoms with Gasteiger partial charge in [-0.05, 0) is 17.7 Å². The van der Waals surface area contributed by atoms with Gasteiger partial charge in [-0.1, -0.05) is 23.7 Å². The van der Waals surface area contributed by atoms with Gasteiger partial charge in [-0.2, -0.15) is 0 Å². The van der Waals surface area contributed by atoms with Crippen LogP contribution in [-0.4, -0.2) is 50.8 Å². The molecular formula is C14H20ClN3O2. The Labute approximate surface area is 124 Å². The van der Waals surface area contributed by atoms with Crippen molar-refractivity contribution in [3.8, 4) is 0 Å². The van der Waals surface area contributed by atoms with Crippen LogP contribution in [0.4, 0.5) is 4.79 Å². The van der Waals surface area contributed by atoms with Crippen molar-refractivity contribution in [2.24, 2.45) is 0 Å². The monoisotopic (exact) mass is 297 g/mol. The van der Waals surface area contributed by atoms with Crippen molar-refractivity contribution < 1.29 is 9.53 Å². The highest BCUT2D eigenvalue weighted by molar-refractivity contribution is 6.30.